The van der Waals surface area contributed by atoms with Crippen molar-refractivity contribution in [1.82, 2.24) is 9.88 Å². The van der Waals surface area contributed by atoms with Crippen molar-refractivity contribution in [3.8, 4) is 28.4 Å². The third kappa shape index (κ3) is 3.99. The van der Waals surface area contributed by atoms with Crippen LogP contribution in [0.25, 0.3) is 16.9 Å². The van der Waals surface area contributed by atoms with Gasteiger partial charge in [0.25, 0.3) is 5.91 Å². The number of hydrogen-bond acceptors (Lipinski definition) is 4. The smallest absolute Gasteiger partial charge is 0.268 e. The van der Waals surface area contributed by atoms with Gasteiger partial charge in [-0.05, 0) is 60.9 Å². The molecule has 0 aliphatic carbocycles. The molecule has 2 aromatic carbocycles. The molecule has 1 aromatic heterocycles. The number of rotatable bonds is 6. The first kappa shape index (κ1) is 21.3. The molecule has 30 heavy (non-hydrogen) atoms. The lowest BCUT2D eigenvalue weighted by Crippen LogP contribution is -2.25. The second-order valence-corrected chi connectivity index (χ2v) is 7.79. The van der Waals surface area contributed by atoms with Gasteiger partial charge in [-0.15, -0.1) is 0 Å². The maximum Gasteiger partial charge on any atom is 0.268 e. The number of amides is 1. The Labute approximate surface area is 177 Å². The van der Waals surface area contributed by atoms with E-state index in [1.807, 2.05) is 74.7 Å². The summed E-state index contributed by atoms with van der Waals surface area (Å²) in [5, 5.41) is 23.7. The summed E-state index contributed by atoms with van der Waals surface area (Å²) in [6, 6.07) is 14.6. The second kappa shape index (κ2) is 8.53. The van der Waals surface area contributed by atoms with Crippen LogP contribution in [-0.4, -0.2) is 41.3 Å². The molecule has 1 amide bonds. The van der Waals surface area contributed by atoms with Crippen molar-refractivity contribution in [2.75, 3.05) is 25.5 Å². The Morgan fingerprint density at radius 2 is 1.70 bits per heavy atom. The van der Waals surface area contributed by atoms with Gasteiger partial charge < -0.3 is 25.0 Å². The number of phenolic OH excluding ortho intramolecular Hbond substituents is 2. The molecule has 0 aliphatic heterocycles. The van der Waals surface area contributed by atoms with Gasteiger partial charge in [0.05, 0.1) is 5.69 Å². The number of benzene rings is 2. The molecule has 158 valence electrons. The maximum atomic E-state index is 12.7. The minimum Gasteiger partial charge on any atom is -0.508 e. The van der Waals surface area contributed by atoms with Crippen LogP contribution in [0.1, 0.15) is 42.7 Å². The van der Waals surface area contributed by atoms with E-state index in [0.717, 1.165) is 16.9 Å². The summed E-state index contributed by atoms with van der Waals surface area (Å²) in [7, 11) is 3.94. The van der Waals surface area contributed by atoms with Gasteiger partial charge >= 0.3 is 0 Å². The first-order valence-electron chi connectivity index (χ1n) is 10.1. The Hall–Kier alpha value is -3.41. The number of aromatic nitrogens is 1. The van der Waals surface area contributed by atoms with E-state index in [4.69, 9.17) is 0 Å². The van der Waals surface area contributed by atoms with E-state index >= 15 is 0 Å². The van der Waals surface area contributed by atoms with Crippen LogP contribution in [0.15, 0.2) is 48.5 Å². The molecule has 0 bridgehead atoms. The van der Waals surface area contributed by atoms with Crippen LogP contribution >= 0.6 is 0 Å². The van der Waals surface area contributed by atoms with Gasteiger partial charge in [0, 0.05) is 43.6 Å². The molecule has 0 radical (unpaired) electrons. The normalized spacial score (nSPS) is 11.0. The van der Waals surface area contributed by atoms with Crippen LogP contribution in [-0.2, 0) is 0 Å². The van der Waals surface area contributed by atoms with Gasteiger partial charge in [0.1, 0.15) is 17.2 Å². The van der Waals surface area contributed by atoms with E-state index in [1.54, 1.807) is 12.1 Å². The summed E-state index contributed by atoms with van der Waals surface area (Å²) < 4.78 is 1.83. The number of nitrogens with one attached hydrogen (secondary N) is 1. The Kier molecular flexibility index (Phi) is 6.06. The highest BCUT2D eigenvalue weighted by molar-refractivity contribution is 5.95. The van der Waals surface area contributed by atoms with Crippen molar-refractivity contribution >= 4 is 11.6 Å². The second-order valence-electron chi connectivity index (χ2n) is 7.79. The largest absolute Gasteiger partial charge is 0.508 e. The highest BCUT2D eigenvalue weighted by Crippen LogP contribution is 2.39. The molecule has 0 aliphatic rings. The van der Waals surface area contributed by atoms with Gasteiger partial charge in [-0.2, -0.15) is 0 Å². The third-order valence-electron chi connectivity index (χ3n) is 5.12. The van der Waals surface area contributed by atoms with Gasteiger partial charge in [-0.1, -0.05) is 13.8 Å². The first-order chi connectivity index (χ1) is 14.2. The van der Waals surface area contributed by atoms with E-state index in [-0.39, 0.29) is 23.3 Å². The SMILES string of the molecule is CCNC(=O)c1ccc(-c2cc(C(C)C)c(O)cc2O)n1-c1ccc(N(C)C)cc1. The van der Waals surface area contributed by atoms with Crippen LogP contribution in [0.2, 0.25) is 0 Å². The summed E-state index contributed by atoms with van der Waals surface area (Å²) in [6.45, 7) is 6.35. The van der Waals surface area contributed by atoms with Crippen LogP contribution in [0, 0.1) is 0 Å². The van der Waals surface area contributed by atoms with E-state index < -0.39 is 0 Å². The van der Waals surface area contributed by atoms with E-state index in [1.165, 1.54) is 6.07 Å². The topological polar surface area (TPSA) is 77.7 Å². The Morgan fingerprint density at radius 1 is 1.03 bits per heavy atom. The lowest BCUT2D eigenvalue weighted by molar-refractivity contribution is 0.0949. The first-order valence-corrected chi connectivity index (χ1v) is 10.1. The van der Waals surface area contributed by atoms with E-state index in [0.29, 0.717) is 23.5 Å². The number of hydrogen-bond donors (Lipinski definition) is 3. The van der Waals surface area contributed by atoms with Crippen LogP contribution < -0.4 is 10.2 Å². The highest BCUT2D eigenvalue weighted by Gasteiger charge is 2.21. The number of carbonyl (C=O) groups excluding carboxylic acids is 1. The molecule has 6 heteroatoms. The van der Waals surface area contributed by atoms with Crippen molar-refractivity contribution in [2.24, 2.45) is 0 Å². The summed E-state index contributed by atoms with van der Waals surface area (Å²) >= 11 is 0. The summed E-state index contributed by atoms with van der Waals surface area (Å²) in [4.78, 5) is 14.7. The van der Waals surface area contributed by atoms with Gasteiger partial charge in [-0.25, -0.2) is 0 Å². The zero-order chi connectivity index (χ0) is 22.0. The zero-order valence-electron chi connectivity index (χ0n) is 18.1. The van der Waals surface area contributed by atoms with Crippen LogP contribution in [0.5, 0.6) is 11.5 Å². The highest BCUT2D eigenvalue weighted by atomic mass is 16.3. The van der Waals surface area contributed by atoms with Crippen molar-refractivity contribution in [1.29, 1.82) is 0 Å². The van der Waals surface area contributed by atoms with Crippen molar-refractivity contribution in [2.45, 2.75) is 26.7 Å². The molecule has 1 heterocycles. The molecule has 0 saturated heterocycles. The Balaban J connectivity index is 2.24. The van der Waals surface area contributed by atoms with Crippen molar-refractivity contribution in [3.05, 3.63) is 59.8 Å². The predicted octanol–water partition coefficient (Wildman–Crippen LogP) is 4.49. The van der Waals surface area contributed by atoms with Gasteiger partial charge in [0.15, 0.2) is 0 Å². The number of anilines is 1. The molecule has 0 atom stereocenters. The minimum absolute atomic E-state index is 0.0383. The zero-order valence-corrected chi connectivity index (χ0v) is 18.1. The van der Waals surface area contributed by atoms with Crippen molar-refractivity contribution in [3.63, 3.8) is 0 Å². The fourth-order valence-electron chi connectivity index (χ4n) is 3.51. The molecule has 3 aromatic rings. The summed E-state index contributed by atoms with van der Waals surface area (Å²) in [5.74, 6) is -0.0926. The summed E-state index contributed by atoms with van der Waals surface area (Å²) in [5.41, 5.74) is 4.29. The minimum atomic E-state index is -0.192. The Bertz CT molecular complexity index is 1050. The number of phenols is 2. The summed E-state index contributed by atoms with van der Waals surface area (Å²) in [6.07, 6.45) is 0. The lowest BCUT2D eigenvalue weighted by Gasteiger charge is -2.18. The fraction of sp³-hybridized carbons (Fsp3) is 0.292. The molecule has 0 unspecified atom stereocenters. The molecule has 3 rings (SSSR count). The van der Waals surface area contributed by atoms with E-state index in [9.17, 15) is 15.0 Å². The molecular formula is C24H29N3O3. The van der Waals surface area contributed by atoms with E-state index in [2.05, 4.69) is 5.32 Å². The van der Waals surface area contributed by atoms with Crippen LogP contribution in [0.3, 0.4) is 0 Å². The average molecular weight is 408 g/mol. The quantitative estimate of drug-likeness (QED) is 0.562. The molecule has 0 saturated carbocycles. The molecule has 0 fully saturated rings. The lowest BCUT2D eigenvalue weighted by atomic mass is 9.97. The predicted molar refractivity (Wildman–Crippen MR) is 121 cm³/mol. The third-order valence-corrected chi connectivity index (χ3v) is 5.12. The monoisotopic (exact) mass is 407 g/mol. The number of carbonyl (C=O) groups is 1. The Morgan fingerprint density at radius 3 is 2.27 bits per heavy atom. The molecule has 3 N–H and O–H groups in total. The number of aromatic hydroxyl groups is 2. The standard InChI is InChI=1S/C24H29N3O3/c1-6-25-24(30)21-12-11-20(19-13-18(15(2)3)22(28)14-23(19)29)27(21)17-9-7-16(8-10-17)26(4)5/h7-15,28-29H,6H2,1-5H3,(H,25,30). The van der Waals surface area contributed by atoms with Gasteiger partial charge in [-0.3, -0.25) is 4.79 Å². The molecular weight excluding hydrogens is 378 g/mol. The molecule has 6 nitrogen and oxygen atoms in total. The maximum absolute atomic E-state index is 12.7. The van der Waals surface area contributed by atoms with Crippen molar-refractivity contribution < 1.29 is 15.0 Å². The van der Waals surface area contributed by atoms with Crippen LogP contribution in [0.4, 0.5) is 5.69 Å². The average Bonchev–Trinajstić information content (AvgIpc) is 3.13. The van der Waals surface area contributed by atoms with Gasteiger partial charge in [0.2, 0.25) is 0 Å². The fourth-order valence-corrected chi connectivity index (χ4v) is 3.51. The number of nitrogens with zero attached hydrogens (tertiary/aromatic N) is 2. The molecule has 0 spiro atoms.